The fourth-order valence-electron chi connectivity index (χ4n) is 3.38. The summed E-state index contributed by atoms with van der Waals surface area (Å²) in [6.07, 6.45) is 3.64. The van der Waals surface area contributed by atoms with Crippen molar-refractivity contribution in [2.45, 2.75) is 43.5 Å². The zero-order valence-corrected chi connectivity index (χ0v) is 17.3. The van der Waals surface area contributed by atoms with Crippen LogP contribution in [0, 0.1) is 17.6 Å². The van der Waals surface area contributed by atoms with Crippen molar-refractivity contribution in [2.24, 2.45) is 5.92 Å². The molecule has 0 aromatic heterocycles. The lowest BCUT2D eigenvalue weighted by Crippen LogP contribution is -2.41. The van der Waals surface area contributed by atoms with Gasteiger partial charge < -0.3 is 5.32 Å². The maximum Gasteiger partial charge on any atom is 0.258 e. The van der Waals surface area contributed by atoms with Gasteiger partial charge in [-0.15, -0.1) is 0 Å². The number of nitrogens with one attached hydrogen (secondary N) is 2. The molecule has 0 saturated heterocycles. The average molecular weight is 443 g/mol. The molecule has 1 fully saturated rings. The topological polar surface area (TPSA) is 75.3 Å². The van der Waals surface area contributed by atoms with Gasteiger partial charge in [-0.3, -0.25) is 4.79 Å². The van der Waals surface area contributed by atoms with Gasteiger partial charge in [-0.05, 0) is 55.2 Å². The van der Waals surface area contributed by atoms with Crippen LogP contribution in [0.2, 0.25) is 5.02 Å². The summed E-state index contributed by atoms with van der Waals surface area (Å²) >= 11 is 5.67. The van der Waals surface area contributed by atoms with Gasteiger partial charge in [0.2, 0.25) is 10.0 Å². The first-order valence-electron chi connectivity index (χ1n) is 9.25. The summed E-state index contributed by atoms with van der Waals surface area (Å²) in [7, 11) is -3.94. The van der Waals surface area contributed by atoms with Crippen molar-refractivity contribution in [2.75, 3.05) is 5.32 Å². The molecule has 29 heavy (non-hydrogen) atoms. The lowest BCUT2D eigenvalue weighted by Gasteiger charge is -2.29. The van der Waals surface area contributed by atoms with Gasteiger partial charge in [-0.25, -0.2) is 21.9 Å². The summed E-state index contributed by atoms with van der Waals surface area (Å²) in [5, 5.41) is 2.38. The van der Waals surface area contributed by atoms with E-state index in [0.29, 0.717) is 0 Å². The van der Waals surface area contributed by atoms with Crippen LogP contribution < -0.4 is 10.0 Å². The van der Waals surface area contributed by atoms with Crippen LogP contribution in [0.3, 0.4) is 0 Å². The van der Waals surface area contributed by atoms with Crippen molar-refractivity contribution in [1.82, 2.24) is 4.72 Å². The molecule has 2 N–H and O–H groups in total. The molecule has 1 saturated carbocycles. The SMILES string of the molecule is CC1CCCCC1NS(=O)(=O)c1ccc(F)c(C(=O)Nc2ccc(Cl)cc2F)c1. The predicted octanol–water partition coefficient (Wildman–Crippen LogP) is 4.73. The van der Waals surface area contributed by atoms with Crippen LogP contribution in [0.15, 0.2) is 41.3 Å². The Hall–Kier alpha value is -2.03. The van der Waals surface area contributed by atoms with E-state index in [0.717, 1.165) is 49.9 Å². The van der Waals surface area contributed by atoms with E-state index in [-0.39, 0.29) is 27.6 Å². The summed E-state index contributed by atoms with van der Waals surface area (Å²) in [5.74, 6) is -2.48. The molecule has 0 heterocycles. The lowest BCUT2D eigenvalue weighted by molar-refractivity contribution is 0.102. The van der Waals surface area contributed by atoms with E-state index in [2.05, 4.69) is 10.0 Å². The number of sulfonamides is 1. The van der Waals surface area contributed by atoms with Gasteiger partial charge in [0.05, 0.1) is 16.1 Å². The summed E-state index contributed by atoms with van der Waals surface area (Å²) in [6, 6.07) is 6.36. The third kappa shape index (κ3) is 5.12. The van der Waals surface area contributed by atoms with E-state index < -0.39 is 33.1 Å². The molecule has 2 aromatic carbocycles. The second-order valence-electron chi connectivity index (χ2n) is 7.21. The van der Waals surface area contributed by atoms with Gasteiger partial charge in [0, 0.05) is 11.1 Å². The van der Waals surface area contributed by atoms with Crippen LogP contribution in [0.4, 0.5) is 14.5 Å². The highest BCUT2D eigenvalue weighted by Gasteiger charge is 2.28. The Morgan fingerprint density at radius 3 is 2.48 bits per heavy atom. The molecule has 0 bridgehead atoms. The van der Waals surface area contributed by atoms with E-state index >= 15 is 0 Å². The number of carbonyl (C=O) groups excluding carboxylic acids is 1. The van der Waals surface area contributed by atoms with Gasteiger partial charge >= 0.3 is 0 Å². The first-order valence-corrected chi connectivity index (χ1v) is 11.1. The first kappa shape index (κ1) is 21.7. The summed E-state index contributed by atoms with van der Waals surface area (Å²) in [4.78, 5) is 12.2. The smallest absolute Gasteiger partial charge is 0.258 e. The van der Waals surface area contributed by atoms with Crippen molar-refractivity contribution < 1.29 is 22.0 Å². The van der Waals surface area contributed by atoms with Gasteiger partial charge in [0.15, 0.2) is 0 Å². The minimum atomic E-state index is -3.94. The first-order chi connectivity index (χ1) is 13.7. The quantitative estimate of drug-likeness (QED) is 0.703. The monoisotopic (exact) mass is 442 g/mol. The third-order valence-electron chi connectivity index (χ3n) is 5.09. The molecular formula is C20H21ClF2N2O3S. The average Bonchev–Trinajstić information content (AvgIpc) is 2.66. The fraction of sp³-hybridized carbons (Fsp3) is 0.350. The van der Waals surface area contributed by atoms with Crippen LogP contribution in [0.1, 0.15) is 43.0 Å². The predicted molar refractivity (Wildman–Crippen MR) is 108 cm³/mol. The van der Waals surface area contributed by atoms with E-state index in [1.807, 2.05) is 6.92 Å². The molecule has 0 radical (unpaired) electrons. The maximum atomic E-state index is 14.2. The Balaban J connectivity index is 1.84. The molecule has 2 unspecified atom stereocenters. The molecule has 3 rings (SSSR count). The van der Waals surface area contributed by atoms with E-state index in [1.54, 1.807) is 0 Å². The lowest BCUT2D eigenvalue weighted by atomic mass is 9.87. The van der Waals surface area contributed by atoms with Crippen molar-refractivity contribution in [3.05, 3.63) is 58.6 Å². The van der Waals surface area contributed by atoms with Crippen molar-refractivity contribution >= 4 is 33.2 Å². The Morgan fingerprint density at radius 1 is 1.07 bits per heavy atom. The molecule has 1 aliphatic rings. The molecule has 0 spiro atoms. The van der Waals surface area contributed by atoms with Gasteiger partial charge in [0.25, 0.3) is 5.91 Å². The van der Waals surface area contributed by atoms with E-state index in [9.17, 15) is 22.0 Å². The maximum absolute atomic E-state index is 14.2. The van der Waals surface area contributed by atoms with Crippen molar-refractivity contribution in [1.29, 1.82) is 0 Å². The summed E-state index contributed by atoms with van der Waals surface area (Å²) < 4.78 is 56.2. The molecule has 2 atom stereocenters. The molecular weight excluding hydrogens is 422 g/mol. The van der Waals surface area contributed by atoms with Crippen LogP contribution >= 0.6 is 11.6 Å². The van der Waals surface area contributed by atoms with Crippen LogP contribution in [0.5, 0.6) is 0 Å². The van der Waals surface area contributed by atoms with Gasteiger partial charge in [-0.1, -0.05) is 31.4 Å². The minimum Gasteiger partial charge on any atom is -0.319 e. The highest BCUT2D eigenvalue weighted by Crippen LogP contribution is 2.26. The number of hydrogen-bond donors (Lipinski definition) is 2. The minimum absolute atomic E-state index is 0.141. The normalized spacial score (nSPS) is 19.7. The highest BCUT2D eigenvalue weighted by atomic mass is 35.5. The molecule has 9 heteroatoms. The van der Waals surface area contributed by atoms with E-state index in [1.165, 1.54) is 12.1 Å². The van der Waals surface area contributed by atoms with Gasteiger partial charge in [-0.2, -0.15) is 0 Å². The third-order valence-corrected chi connectivity index (χ3v) is 6.81. The number of halogens is 3. The fourth-order valence-corrected chi connectivity index (χ4v) is 4.95. The number of benzene rings is 2. The molecule has 0 aliphatic heterocycles. The second-order valence-corrected chi connectivity index (χ2v) is 9.36. The Kier molecular flexibility index (Phi) is 6.55. The highest BCUT2D eigenvalue weighted by molar-refractivity contribution is 7.89. The number of rotatable bonds is 5. The summed E-state index contributed by atoms with van der Waals surface area (Å²) in [5.41, 5.74) is -0.694. The number of hydrogen-bond acceptors (Lipinski definition) is 3. The molecule has 2 aromatic rings. The Labute approximate surface area is 173 Å². The Morgan fingerprint density at radius 2 is 1.79 bits per heavy atom. The summed E-state index contributed by atoms with van der Waals surface area (Å²) in [6.45, 7) is 1.98. The van der Waals surface area contributed by atoms with Crippen LogP contribution in [0.25, 0.3) is 0 Å². The molecule has 1 amide bonds. The Bertz CT molecular complexity index is 1030. The second kappa shape index (κ2) is 8.77. The van der Waals surface area contributed by atoms with E-state index in [4.69, 9.17) is 11.6 Å². The largest absolute Gasteiger partial charge is 0.319 e. The van der Waals surface area contributed by atoms with Crippen molar-refractivity contribution in [3.63, 3.8) is 0 Å². The van der Waals surface area contributed by atoms with Gasteiger partial charge in [0.1, 0.15) is 11.6 Å². The molecule has 5 nitrogen and oxygen atoms in total. The molecule has 1 aliphatic carbocycles. The standard InChI is InChI=1S/C20H21ClF2N2O3S/c1-12-4-2-3-5-18(12)25-29(27,28)14-7-8-16(22)15(11-14)20(26)24-19-9-6-13(21)10-17(19)23/h6-12,18,25H,2-5H2,1H3,(H,24,26). The zero-order chi connectivity index (χ0) is 21.2. The zero-order valence-electron chi connectivity index (χ0n) is 15.7. The number of anilines is 1. The number of carbonyl (C=O) groups is 1. The molecule has 156 valence electrons. The van der Waals surface area contributed by atoms with Crippen LogP contribution in [-0.4, -0.2) is 20.4 Å². The van der Waals surface area contributed by atoms with Crippen molar-refractivity contribution in [3.8, 4) is 0 Å². The van der Waals surface area contributed by atoms with Crippen LogP contribution in [-0.2, 0) is 10.0 Å². The number of amides is 1.